The largest absolute Gasteiger partial charge is 0.378 e. The van der Waals surface area contributed by atoms with Crippen molar-refractivity contribution in [1.29, 1.82) is 0 Å². The van der Waals surface area contributed by atoms with Gasteiger partial charge >= 0.3 is 0 Å². The molecular formula is C13H18N2O2. The summed E-state index contributed by atoms with van der Waals surface area (Å²) in [5.74, 6) is 0.335. The van der Waals surface area contributed by atoms with Crippen LogP contribution in [0.15, 0.2) is 18.3 Å². The molecule has 17 heavy (non-hydrogen) atoms. The van der Waals surface area contributed by atoms with Crippen molar-refractivity contribution < 1.29 is 9.53 Å². The molecule has 2 heterocycles. The number of carbonyl (C=O) groups is 1. The van der Waals surface area contributed by atoms with E-state index in [2.05, 4.69) is 18.8 Å². The highest BCUT2D eigenvalue weighted by Crippen LogP contribution is 2.18. The molecule has 1 amide bonds. The van der Waals surface area contributed by atoms with Crippen LogP contribution in [0.5, 0.6) is 0 Å². The van der Waals surface area contributed by atoms with E-state index in [1.54, 1.807) is 6.20 Å². The van der Waals surface area contributed by atoms with E-state index in [0.29, 0.717) is 26.3 Å². The molecule has 1 aliphatic rings. The molecule has 1 aromatic rings. The van der Waals surface area contributed by atoms with Gasteiger partial charge in [-0.3, -0.25) is 9.78 Å². The lowest BCUT2D eigenvalue weighted by molar-refractivity contribution is 0.0301. The molecular weight excluding hydrogens is 216 g/mol. The van der Waals surface area contributed by atoms with Crippen LogP contribution in [0.2, 0.25) is 0 Å². The summed E-state index contributed by atoms with van der Waals surface area (Å²) in [6.07, 6.45) is 1.74. The molecule has 0 aliphatic carbocycles. The quantitative estimate of drug-likeness (QED) is 0.782. The van der Waals surface area contributed by atoms with Crippen molar-refractivity contribution in [3.63, 3.8) is 0 Å². The molecule has 1 aromatic heterocycles. The average Bonchev–Trinajstić information content (AvgIpc) is 2.39. The van der Waals surface area contributed by atoms with Gasteiger partial charge in [-0.2, -0.15) is 0 Å². The molecule has 0 aromatic carbocycles. The van der Waals surface area contributed by atoms with Crippen molar-refractivity contribution in [2.45, 2.75) is 19.8 Å². The third kappa shape index (κ3) is 2.64. The Kier molecular flexibility index (Phi) is 3.74. The molecule has 0 bridgehead atoms. The number of carbonyl (C=O) groups excluding carboxylic acids is 1. The van der Waals surface area contributed by atoms with Crippen LogP contribution in [0.25, 0.3) is 0 Å². The first-order chi connectivity index (χ1) is 8.20. The fourth-order valence-electron chi connectivity index (χ4n) is 2.00. The van der Waals surface area contributed by atoms with Gasteiger partial charge in [-0.15, -0.1) is 0 Å². The maximum atomic E-state index is 12.4. The van der Waals surface area contributed by atoms with Gasteiger partial charge in [-0.05, 0) is 18.1 Å². The Bertz CT molecular complexity index is 398. The van der Waals surface area contributed by atoms with Crippen LogP contribution >= 0.6 is 0 Å². The second-order valence-corrected chi connectivity index (χ2v) is 4.50. The van der Waals surface area contributed by atoms with Crippen LogP contribution in [0.1, 0.15) is 35.8 Å². The fourth-order valence-corrected chi connectivity index (χ4v) is 2.00. The molecule has 4 nitrogen and oxygen atoms in total. The van der Waals surface area contributed by atoms with E-state index < -0.39 is 0 Å². The summed E-state index contributed by atoms with van der Waals surface area (Å²) in [7, 11) is 0. The van der Waals surface area contributed by atoms with Gasteiger partial charge in [0, 0.05) is 19.3 Å². The molecule has 1 aliphatic heterocycles. The zero-order valence-corrected chi connectivity index (χ0v) is 10.3. The maximum absolute atomic E-state index is 12.4. The summed E-state index contributed by atoms with van der Waals surface area (Å²) >= 11 is 0. The van der Waals surface area contributed by atoms with E-state index in [4.69, 9.17) is 4.74 Å². The summed E-state index contributed by atoms with van der Waals surface area (Å²) in [5, 5.41) is 0. The summed E-state index contributed by atoms with van der Waals surface area (Å²) in [4.78, 5) is 18.5. The molecule has 92 valence electrons. The SMILES string of the molecule is CC(C)c1ncccc1C(=O)N1CCOCC1. The fraction of sp³-hybridized carbons (Fsp3) is 0.538. The monoisotopic (exact) mass is 234 g/mol. The van der Waals surface area contributed by atoms with Gasteiger partial charge in [0.1, 0.15) is 0 Å². The van der Waals surface area contributed by atoms with Gasteiger partial charge in [-0.25, -0.2) is 0 Å². The second-order valence-electron chi connectivity index (χ2n) is 4.50. The zero-order valence-electron chi connectivity index (χ0n) is 10.3. The topological polar surface area (TPSA) is 42.4 Å². The minimum Gasteiger partial charge on any atom is -0.378 e. The van der Waals surface area contributed by atoms with E-state index >= 15 is 0 Å². The van der Waals surface area contributed by atoms with Crippen molar-refractivity contribution in [3.8, 4) is 0 Å². The lowest BCUT2D eigenvalue weighted by Crippen LogP contribution is -2.41. The molecule has 4 heteroatoms. The molecule has 0 radical (unpaired) electrons. The van der Waals surface area contributed by atoms with E-state index in [1.807, 2.05) is 17.0 Å². The Morgan fingerprint density at radius 2 is 2.12 bits per heavy atom. The van der Waals surface area contributed by atoms with Crippen molar-refractivity contribution in [3.05, 3.63) is 29.6 Å². The van der Waals surface area contributed by atoms with Crippen LogP contribution in [0, 0.1) is 0 Å². The molecule has 0 atom stereocenters. The number of hydrogen-bond acceptors (Lipinski definition) is 3. The minimum absolute atomic E-state index is 0.0742. The number of morpholine rings is 1. The van der Waals surface area contributed by atoms with Gasteiger partial charge in [0.05, 0.1) is 24.5 Å². The summed E-state index contributed by atoms with van der Waals surface area (Å²) in [6.45, 7) is 6.71. The van der Waals surface area contributed by atoms with Gasteiger partial charge < -0.3 is 9.64 Å². The summed E-state index contributed by atoms with van der Waals surface area (Å²) < 4.78 is 5.25. The standard InChI is InChI=1S/C13H18N2O2/c1-10(2)12-11(4-3-5-14-12)13(16)15-6-8-17-9-7-15/h3-5,10H,6-9H2,1-2H3. The predicted molar refractivity (Wildman–Crippen MR) is 65.0 cm³/mol. The highest BCUT2D eigenvalue weighted by Gasteiger charge is 2.22. The van der Waals surface area contributed by atoms with Crippen LogP contribution in [-0.4, -0.2) is 42.1 Å². The van der Waals surface area contributed by atoms with Crippen LogP contribution in [0.3, 0.4) is 0 Å². The van der Waals surface area contributed by atoms with E-state index in [9.17, 15) is 4.79 Å². The first-order valence-corrected chi connectivity index (χ1v) is 6.02. The first-order valence-electron chi connectivity index (χ1n) is 6.02. The van der Waals surface area contributed by atoms with Crippen molar-refractivity contribution >= 4 is 5.91 Å². The van der Waals surface area contributed by atoms with E-state index in [0.717, 1.165) is 11.3 Å². The maximum Gasteiger partial charge on any atom is 0.255 e. The lowest BCUT2D eigenvalue weighted by Gasteiger charge is -2.27. The smallest absolute Gasteiger partial charge is 0.255 e. The van der Waals surface area contributed by atoms with Crippen LogP contribution < -0.4 is 0 Å². The molecule has 1 fully saturated rings. The summed E-state index contributed by atoms with van der Waals surface area (Å²) in [5.41, 5.74) is 1.60. The number of rotatable bonds is 2. The average molecular weight is 234 g/mol. The molecule has 0 spiro atoms. The second kappa shape index (κ2) is 5.27. The van der Waals surface area contributed by atoms with E-state index in [-0.39, 0.29) is 11.8 Å². The molecule has 2 rings (SSSR count). The molecule has 0 N–H and O–H groups in total. The normalized spacial score (nSPS) is 16.3. The Labute approximate surface area is 102 Å². The molecule has 1 saturated heterocycles. The number of pyridine rings is 1. The van der Waals surface area contributed by atoms with E-state index in [1.165, 1.54) is 0 Å². The van der Waals surface area contributed by atoms with Crippen molar-refractivity contribution in [2.24, 2.45) is 0 Å². The molecule has 0 saturated carbocycles. The van der Waals surface area contributed by atoms with Gasteiger partial charge in [0.15, 0.2) is 0 Å². The Morgan fingerprint density at radius 3 is 2.76 bits per heavy atom. The number of nitrogens with zero attached hydrogens (tertiary/aromatic N) is 2. The number of amides is 1. The lowest BCUT2D eigenvalue weighted by atomic mass is 10.0. The van der Waals surface area contributed by atoms with Gasteiger partial charge in [-0.1, -0.05) is 13.8 Å². The van der Waals surface area contributed by atoms with Crippen LogP contribution in [0.4, 0.5) is 0 Å². The van der Waals surface area contributed by atoms with Gasteiger partial charge in [0.2, 0.25) is 0 Å². The number of hydrogen-bond donors (Lipinski definition) is 0. The highest BCUT2D eigenvalue weighted by molar-refractivity contribution is 5.95. The number of ether oxygens (including phenoxy) is 1. The Hall–Kier alpha value is -1.42. The van der Waals surface area contributed by atoms with Gasteiger partial charge in [0.25, 0.3) is 5.91 Å². The zero-order chi connectivity index (χ0) is 12.3. The Morgan fingerprint density at radius 1 is 1.41 bits per heavy atom. The van der Waals surface area contributed by atoms with Crippen molar-refractivity contribution in [1.82, 2.24) is 9.88 Å². The third-order valence-corrected chi connectivity index (χ3v) is 2.91. The van der Waals surface area contributed by atoms with Crippen molar-refractivity contribution in [2.75, 3.05) is 26.3 Å². The highest BCUT2D eigenvalue weighted by atomic mass is 16.5. The predicted octanol–water partition coefficient (Wildman–Crippen LogP) is 1.68. The third-order valence-electron chi connectivity index (χ3n) is 2.91. The number of aromatic nitrogens is 1. The Balaban J connectivity index is 2.23. The van der Waals surface area contributed by atoms with Crippen LogP contribution in [-0.2, 0) is 4.74 Å². The summed E-state index contributed by atoms with van der Waals surface area (Å²) in [6, 6.07) is 3.68. The minimum atomic E-state index is 0.0742. The molecule has 0 unspecified atom stereocenters. The first kappa shape index (κ1) is 12.0.